The zero-order valence-corrected chi connectivity index (χ0v) is 18.2. The lowest BCUT2D eigenvalue weighted by Crippen LogP contribution is -2.17. The first-order valence-electron chi connectivity index (χ1n) is 9.88. The quantitative estimate of drug-likeness (QED) is 0.264. The van der Waals surface area contributed by atoms with Gasteiger partial charge < -0.3 is 9.47 Å². The molecule has 0 spiro atoms. The van der Waals surface area contributed by atoms with Gasteiger partial charge in [-0.3, -0.25) is 14.0 Å². The van der Waals surface area contributed by atoms with Crippen LogP contribution in [0.15, 0.2) is 72.8 Å². The van der Waals surface area contributed by atoms with E-state index in [1.54, 1.807) is 55.0 Å². The Morgan fingerprint density at radius 2 is 1.44 bits per heavy atom. The van der Waals surface area contributed by atoms with E-state index in [4.69, 9.17) is 14.5 Å². The second-order valence-corrected chi connectivity index (χ2v) is 8.12. The summed E-state index contributed by atoms with van der Waals surface area (Å²) in [4.78, 5) is 32.2. The van der Waals surface area contributed by atoms with Crippen LogP contribution in [0.3, 0.4) is 0 Å². The Kier molecular flexibility index (Phi) is 4.95. The monoisotopic (exact) mass is 442 g/mol. The van der Waals surface area contributed by atoms with Crippen molar-refractivity contribution in [2.24, 2.45) is 0 Å². The van der Waals surface area contributed by atoms with Crippen molar-refractivity contribution in [3.8, 4) is 22.8 Å². The molecule has 0 saturated heterocycles. The number of Topliss-reactive ketones (excluding diaryl/α,β-unsaturated/α-hetero) is 2. The molecule has 5 rings (SSSR count). The Morgan fingerprint density at radius 1 is 0.812 bits per heavy atom. The first kappa shape index (κ1) is 20.0. The Labute approximate surface area is 187 Å². The molecule has 6 nitrogen and oxygen atoms in total. The van der Waals surface area contributed by atoms with Crippen LogP contribution in [0.2, 0.25) is 0 Å². The predicted molar refractivity (Wildman–Crippen MR) is 124 cm³/mol. The molecular weight excluding hydrogens is 424 g/mol. The van der Waals surface area contributed by atoms with Crippen molar-refractivity contribution in [3.63, 3.8) is 0 Å². The average Bonchev–Trinajstić information content (AvgIpc) is 3.39. The van der Waals surface area contributed by atoms with Crippen molar-refractivity contribution in [2.75, 3.05) is 14.2 Å². The van der Waals surface area contributed by atoms with Crippen molar-refractivity contribution < 1.29 is 19.1 Å². The number of hydrogen-bond donors (Lipinski definition) is 0. The Hall–Kier alpha value is -3.97. The molecule has 2 heterocycles. The highest BCUT2D eigenvalue weighted by Crippen LogP contribution is 2.34. The van der Waals surface area contributed by atoms with Crippen molar-refractivity contribution in [1.29, 1.82) is 0 Å². The highest BCUT2D eigenvalue weighted by Gasteiger charge is 2.29. The number of ketones is 2. The van der Waals surface area contributed by atoms with Crippen LogP contribution < -0.4 is 9.47 Å². The molecule has 0 aliphatic rings. The first-order chi connectivity index (χ1) is 15.6. The number of carbonyl (C=O) groups is 2. The number of thiazole rings is 1. The molecule has 3 aromatic carbocycles. The summed E-state index contributed by atoms with van der Waals surface area (Å²) in [5.74, 6) is 0.0995. The third-order valence-electron chi connectivity index (χ3n) is 5.29. The summed E-state index contributed by atoms with van der Waals surface area (Å²) < 4.78 is 13.2. The van der Waals surface area contributed by atoms with E-state index in [-0.39, 0.29) is 5.69 Å². The fourth-order valence-corrected chi connectivity index (χ4v) is 4.68. The molecular formula is C25H18N2O4S. The fourth-order valence-electron chi connectivity index (χ4n) is 3.66. The van der Waals surface area contributed by atoms with E-state index in [9.17, 15) is 9.59 Å². The SMILES string of the molecule is COc1ccc(C(=O)C(=O)c2c(-c3ccc(OC)cc3)nc3sc4ccccc4n23)cc1. The zero-order valence-electron chi connectivity index (χ0n) is 17.4. The minimum Gasteiger partial charge on any atom is -0.497 e. The maximum absolute atomic E-state index is 13.6. The van der Waals surface area contributed by atoms with Gasteiger partial charge >= 0.3 is 0 Å². The largest absolute Gasteiger partial charge is 0.497 e. The molecule has 0 bridgehead atoms. The van der Waals surface area contributed by atoms with E-state index in [2.05, 4.69) is 0 Å². The maximum Gasteiger partial charge on any atom is 0.252 e. The molecule has 32 heavy (non-hydrogen) atoms. The van der Waals surface area contributed by atoms with Crippen LogP contribution in [0.5, 0.6) is 11.5 Å². The number of methoxy groups -OCH3 is 2. The van der Waals surface area contributed by atoms with Crippen LogP contribution in [-0.4, -0.2) is 35.2 Å². The van der Waals surface area contributed by atoms with E-state index < -0.39 is 11.6 Å². The van der Waals surface area contributed by atoms with Crippen molar-refractivity contribution in [3.05, 3.63) is 84.1 Å². The lowest BCUT2D eigenvalue weighted by atomic mass is 10.0. The average molecular weight is 442 g/mol. The molecule has 0 radical (unpaired) electrons. The molecule has 158 valence electrons. The summed E-state index contributed by atoms with van der Waals surface area (Å²) >= 11 is 1.48. The topological polar surface area (TPSA) is 69.9 Å². The highest BCUT2D eigenvalue weighted by molar-refractivity contribution is 7.23. The molecule has 0 N–H and O–H groups in total. The van der Waals surface area contributed by atoms with Gasteiger partial charge in [-0.15, -0.1) is 0 Å². The minimum absolute atomic E-state index is 0.253. The molecule has 0 atom stereocenters. The number of aromatic nitrogens is 2. The smallest absolute Gasteiger partial charge is 0.252 e. The first-order valence-corrected chi connectivity index (χ1v) is 10.7. The third kappa shape index (κ3) is 3.23. The van der Waals surface area contributed by atoms with E-state index in [0.29, 0.717) is 27.7 Å². The summed E-state index contributed by atoms with van der Waals surface area (Å²) in [7, 11) is 3.14. The Balaban J connectivity index is 1.70. The van der Waals surface area contributed by atoms with Crippen LogP contribution in [0.1, 0.15) is 20.8 Å². The van der Waals surface area contributed by atoms with Crippen molar-refractivity contribution >= 4 is 38.1 Å². The predicted octanol–water partition coefficient (Wildman–Crippen LogP) is 5.30. The number of carbonyl (C=O) groups excluding carboxylic acids is 2. The van der Waals surface area contributed by atoms with Crippen LogP contribution in [-0.2, 0) is 0 Å². The van der Waals surface area contributed by atoms with Gasteiger partial charge in [-0.05, 0) is 60.7 Å². The fraction of sp³-hybridized carbons (Fsp3) is 0.0800. The number of benzene rings is 3. The molecule has 0 fully saturated rings. The molecule has 0 saturated carbocycles. The van der Waals surface area contributed by atoms with Gasteiger partial charge in [0, 0.05) is 11.1 Å². The Morgan fingerprint density at radius 3 is 2.09 bits per heavy atom. The maximum atomic E-state index is 13.6. The molecule has 7 heteroatoms. The van der Waals surface area contributed by atoms with Gasteiger partial charge in [-0.25, -0.2) is 4.98 Å². The van der Waals surface area contributed by atoms with Crippen molar-refractivity contribution in [1.82, 2.24) is 9.38 Å². The van der Waals surface area contributed by atoms with Gasteiger partial charge in [0.15, 0.2) is 4.96 Å². The van der Waals surface area contributed by atoms with Crippen LogP contribution in [0.25, 0.3) is 26.4 Å². The molecule has 0 aliphatic heterocycles. The summed E-state index contributed by atoms with van der Waals surface area (Å²) in [6.07, 6.45) is 0. The molecule has 0 amide bonds. The van der Waals surface area contributed by atoms with Gasteiger partial charge in [0.25, 0.3) is 5.78 Å². The standard InChI is InChI=1S/C25H18N2O4S/c1-30-17-11-7-15(8-12-17)21-22(24(29)23(28)16-9-13-18(31-2)14-10-16)27-19-5-3-4-6-20(19)32-25(27)26-21/h3-14H,1-2H3. The van der Waals surface area contributed by atoms with Gasteiger partial charge in [0.1, 0.15) is 22.9 Å². The molecule has 0 unspecified atom stereocenters. The zero-order chi connectivity index (χ0) is 22.2. The summed E-state index contributed by atoms with van der Waals surface area (Å²) in [6, 6.07) is 21.5. The molecule has 5 aromatic rings. The van der Waals surface area contributed by atoms with Gasteiger partial charge in [0.2, 0.25) is 5.78 Å². The lowest BCUT2D eigenvalue weighted by Gasteiger charge is -2.06. The molecule has 2 aromatic heterocycles. The van der Waals surface area contributed by atoms with Crippen molar-refractivity contribution in [2.45, 2.75) is 0 Å². The normalized spacial score (nSPS) is 11.1. The van der Waals surface area contributed by atoms with Gasteiger partial charge in [0.05, 0.1) is 24.4 Å². The second kappa shape index (κ2) is 7.94. The number of imidazole rings is 1. The summed E-state index contributed by atoms with van der Waals surface area (Å²) in [6.45, 7) is 0. The van der Waals surface area contributed by atoms with Crippen LogP contribution >= 0.6 is 11.3 Å². The Bertz CT molecular complexity index is 1460. The van der Waals surface area contributed by atoms with E-state index >= 15 is 0 Å². The van der Waals surface area contributed by atoms with E-state index in [1.807, 2.05) is 36.4 Å². The number of fused-ring (bicyclic) bond motifs is 3. The number of rotatable bonds is 6. The van der Waals surface area contributed by atoms with Gasteiger partial charge in [-0.1, -0.05) is 23.5 Å². The van der Waals surface area contributed by atoms with Crippen LogP contribution in [0, 0.1) is 0 Å². The lowest BCUT2D eigenvalue weighted by molar-refractivity contribution is 0.0814. The highest BCUT2D eigenvalue weighted by atomic mass is 32.1. The summed E-state index contributed by atoms with van der Waals surface area (Å²) in [5.41, 5.74) is 2.59. The van der Waals surface area contributed by atoms with E-state index in [1.165, 1.54) is 11.3 Å². The number of nitrogens with zero attached hydrogens (tertiary/aromatic N) is 2. The van der Waals surface area contributed by atoms with E-state index in [0.717, 1.165) is 15.8 Å². The van der Waals surface area contributed by atoms with Gasteiger partial charge in [-0.2, -0.15) is 0 Å². The summed E-state index contributed by atoms with van der Waals surface area (Å²) in [5, 5.41) is 0. The molecule has 0 aliphatic carbocycles. The minimum atomic E-state index is -0.614. The van der Waals surface area contributed by atoms with Crippen LogP contribution in [0.4, 0.5) is 0 Å². The number of para-hydroxylation sites is 1. The number of hydrogen-bond acceptors (Lipinski definition) is 6. The third-order valence-corrected chi connectivity index (χ3v) is 6.31. The second-order valence-electron chi connectivity index (χ2n) is 7.11. The number of ether oxygens (including phenoxy) is 2.